The molecular weight excluding hydrogens is 397 g/mol. The van der Waals surface area contributed by atoms with Crippen molar-refractivity contribution in [2.75, 3.05) is 0 Å². The first-order valence-corrected chi connectivity index (χ1v) is 10.9. The summed E-state index contributed by atoms with van der Waals surface area (Å²) >= 11 is 0. The zero-order chi connectivity index (χ0) is 22.5. The van der Waals surface area contributed by atoms with Crippen molar-refractivity contribution in [3.63, 3.8) is 0 Å². The van der Waals surface area contributed by atoms with E-state index in [2.05, 4.69) is 30.3 Å². The van der Waals surface area contributed by atoms with Crippen molar-refractivity contribution >= 4 is 45.6 Å². The van der Waals surface area contributed by atoms with Gasteiger partial charge in [0.05, 0.1) is 11.2 Å². The van der Waals surface area contributed by atoms with Gasteiger partial charge in [-0.2, -0.15) is 0 Å². The third kappa shape index (κ3) is 3.48. The summed E-state index contributed by atoms with van der Waals surface area (Å²) < 4.78 is 12.4. The molecule has 5 heteroatoms. The summed E-state index contributed by atoms with van der Waals surface area (Å²) in [5.41, 5.74) is 1.98. The molecule has 0 unspecified atom stereocenters. The molecule has 0 radical (unpaired) electrons. The Morgan fingerprint density at radius 1 is 0.812 bits per heavy atom. The lowest BCUT2D eigenvalue weighted by atomic mass is 9.81. The first-order valence-electron chi connectivity index (χ1n) is 10.9. The van der Waals surface area contributed by atoms with E-state index in [1.807, 2.05) is 56.3 Å². The Morgan fingerprint density at radius 2 is 1.47 bits per heavy atom. The Morgan fingerprint density at radius 3 is 2.19 bits per heavy atom. The third-order valence-electron chi connectivity index (χ3n) is 6.52. The van der Waals surface area contributed by atoms with Crippen LogP contribution in [-0.2, 0) is 4.65 Å². The van der Waals surface area contributed by atoms with Gasteiger partial charge in [-0.3, -0.25) is 0 Å². The highest BCUT2D eigenvalue weighted by Crippen LogP contribution is 2.36. The van der Waals surface area contributed by atoms with Gasteiger partial charge in [0, 0.05) is 16.3 Å². The number of benzene rings is 4. The van der Waals surface area contributed by atoms with E-state index in [4.69, 9.17) is 14.1 Å². The number of rotatable bonds is 5. The molecule has 5 rings (SSSR count). The number of oxazole rings is 1. The molecule has 0 bridgehead atoms. The number of aromatic nitrogens is 1. The topological polar surface area (TPSA) is 55.5 Å². The first-order chi connectivity index (χ1) is 15.2. The van der Waals surface area contributed by atoms with Gasteiger partial charge in [-0.25, -0.2) is 4.98 Å². The Labute approximate surface area is 188 Å². The predicted molar refractivity (Wildman–Crippen MR) is 133 cm³/mol. The van der Waals surface area contributed by atoms with Crippen molar-refractivity contribution in [1.82, 2.24) is 4.98 Å². The average molecular weight is 423 g/mol. The van der Waals surface area contributed by atoms with Crippen LogP contribution >= 0.6 is 0 Å². The highest BCUT2D eigenvalue weighted by atomic mass is 16.5. The number of hydrogen-bond donors (Lipinski definition) is 1. The van der Waals surface area contributed by atoms with E-state index < -0.39 is 11.2 Å². The first kappa shape index (κ1) is 20.7. The lowest BCUT2D eigenvalue weighted by molar-refractivity contribution is -0.0893. The van der Waals surface area contributed by atoms with Crippen LogP contribution in [0.5, 0.6) is 0 Å². The third-order valence-corrected chi connectivity index (χ3v) is 6.52. The molecule has 32 heavy (non-hydrogen) atoms. The lowest BCUT2D eigenvalue weighted by Crippen LogP contribution is -2.49. The molecule has 4 aromatic carbocycles. The van der Waals surface area contributed by atoms with Gasteiger partial charge in [-0.05, 0) is 50.6 Å². The maximum atomic E-state index is 10.4. The van der Waals surface area contributed by atoms with Gasteiger partial charge in [0.15, 0.2) is 5.58 Å². The van der Waals surface area contributed by atoms with Crippen LogP contribution in [0.1, 0.15) is 27.7 Å². The molecule has 0 spiro atoms. The Kier molecular flexibility index (Phi) is 4.84. The fraction of sp³-hybridized carbons (Fsp3) is 0.222. The number of fused-ring (bicyclic) bond motifs is 6. The molecule has 0 saturated carbocycles. The van der Waals surface area contributed by atoms with Crippen molar-refractivity contribution in [3.05, 3.63) is 72.8 Å². The van der Waals surface area contributed by atoms with E-state index in [-0.39, 0.29) is 0 Å². The molecule has 160 valence electrons. The Hall–Kier alpha value is -3.15. The summed E-state index contributed by atoms with van der Waals surface area (Å²) in [6, 6.07) is 24.6. The summed E-state index contributed by atoms with van der Waals surface area (Å²) in [4.78, 5) is 4.90. The highest BCUT2D eigenvalue weighted by Gasteiger charge is 2.35. The van der Waals surface area contributed by atoms with Crippen molar-refractivity contribution < 1.29 is 14.2 Å². The van der Waals surface area contributed by atoms with E-state index >= 15 is 0 Å². The van der Waals surface area contributed by atoms with E-state index in [1.165, 1.54) is 0 Å². The van der Waals surface area contributed by atoms with Gasteiger partial charge in [0.25, 0.3) is 0 Å². The van der Waals surface area contributed by atoms with Gasteiger partial charge < -0.3 is 14.2 Å². The normalized spacial score (nSPS) is 12.7. The minimum atomic E-state index is -0.954. The van der Waals surface area contributed by atoms with Crippen LogP contribution in [0.2, 0.25) is 0 Å². The largest absolute Gasteiger partial charge is 0.435 e. The maximum Gasteiger partial charge on any atom is 0.309 e. The Bertz CT molecular complexity index is 1430. The number of aliphatic hydroxyl groups is 1. The molecule has 4 nitrogen and oxygen atoms in total. The highest BCUT2D eigenvalue weighted by molar-refractivity contribution is 6.48. The summed E-state index contributed by atoms with van der Waals surface area (Å²) in [7, 11) is 0.393. The van der Waals surface area contributed by atoms with Crippen LogP contribution < -0.4 is 5.46 Å². The summed E-state index contributed by atoms with van der Waals surface area (Å²) in [5.74, 6) is 0.614. The molecule has 0 saturated heterocycles. The smallest absolute Gasteiger partial charge is 0.309 e. The van der Waals surface area contributed by atoms with Gasteiger partial charge in [0.2, 0.25) is 5.89 Å². The molecule has 1 heterocycles. The molecule has 0 aliphatic rings. The van der Waals surface area contributed by atoms with E-state index in [9.17, 15) is 5.11 Å². The standard InChI is InChI=1S/C27H26BNO3/c1-26(2,30)27(3,4)32-28-18-14-15-20-19-12-8-9-13-21(19)24-23(22(20)16-18)29-25(31-24)17-10-6-5-7-11-17/h5-16,28,30H,1-4H3. The minimum absolute atomic E-state index is 0.393. The molecule has 0 aliphatic heterocycles. The second-order valence-corrected chi connectivity index (χ2v) is 9.35. The van der Waals surface area contributed by atoms with Crippen molar-refractivity contribution in [3.8, 4) is 11.5 Å². The number of hydrogen-bond acceptors (Lipinski definition) is 4. The van der Waals surface area contributed by atoms with Crippen LogP contribution in [-0.4, -0.2) is 28.8 Å². The van der Waals surface area contributed by atoms with Crippen molar-refractivity contribution in [1.29, 1.82) is 0 Å². The van der Waals surface area contributed by atoms with Crippen molar-refractivity contribution in [2.24, 2.45) is 0 Å². The van der Waals surface area contributed by atoms with Crippen LogP contribution in [0.3, 0.4) is 0 Å². The molecule has 1 aromatic heterocycles. The summed E-state index contributed by atoms with van der Waals surface area (Å²) in [5, 5.41) is 14.8. The van der Waals surface area contributed by atoms with Gasteiger partial charge in [-0.15, -0.1) is 0 Å². The van der Waals surface area contributed by atoms with Gasteiger partial charge in [0.1, 0.15) is 5.52 Å². The quantitative estimate of drug-likeness (QED) is 0.306. The molecule has 1 N–H and O–H groups in total. The number of nitrogens with zero attached hydrogens (tertiary/aromatic N) is 1. The minimum Gasteiger partial charge on any atom is -0.435 e. The fourth-order valence-corrected chi connectivity index (χ4v) is 3.86. The van der Waals surface area contributed by atoms with Crippen LogP contribution in [0.4, 0.5) is 0 Å². The zero-order valence-corrected chi connectivity index (χ0v) is 18.8. The van der Waals surface area contributed by atoms with Crippen LogP contribution in [0, 0.1) is 0 Å². The fourth-order valence-electron chi connectivity index (χ4n) is 3.86. The second kappa shape index (κ2) is 7.47. The van der Waals surface area contributed by atoms with E-state index in [1.54, 1.807) is 13.8 Å². The van der Waals surface area contributed by atoms with E-state index in [0.29, 0.717) is 13.4 Å². The van der Waals surface area contributed by atoms with E-state index in [0.717, 1.165) is 43.7 Å². The Balaban J connectivity index is 1.68. The maximum absolute atomic E-state index is 10.4. The molecule has 0 fully saturated rings. The summed E-state index contributed by atoms with van der Waals surface area (Å²) in [6.07, 6.45) is 0. The monoisotopic (exact) mass is 423 g/mol. The molecule has 0 amide bonds. The second-order valence-electron chi connectivity index (χ2n) is 9.35. The molecular formula is C27H26BNO3. The van der Waals surface area contributed by atoms with Gasteiger partial charge >= 0.3 is 7.48 Å². The van der Waals surface area contributed by atoms with Crippen LogP contribution in [0.15, 0.2) is 77.2 Å². The van der Waals surface area contributed by atoms with Crippen molar-refractivity contribution in [2.45, 2.75) is 38.9 Å². The van der Waals surface area contributed by atoms with Gasteiger partial charge in [-0.1, -0.05) is 66.1 Å². The molecule has 5 aromatic rings. The lowest BCUT2D eigenvalue weighted by Gasteiger charge is -2.37. The SMILES string of the molecule is CC(C)(O)C(C)(C)OBc1ccc2c3ccccc3c3oc(-c4ccccc4)nc3c2c1. The zero-order valence-electron chi connectivity index (χ0n) is 18.8. The molecule has 0 aliphatic carbocycles. The van der Waals surface area contributed by atoms with Crippen LogP contribution in [0.25, 0.3) is 44.1 Å². The average Bonchev–Trinajstić information content (AvgIpc) is 3.24. The summed E-state index contributed by atoms with van der Waals surface area (Å²) in [6.45, 7) is 7.35. The molecule has 0 atom stereocenters. The predicted octanol–water partition coefficient (Wildman–Crippen LogP) is 5.34.